The largest absolute Gasteiger partial charge is 0.312 e. The van der Waals surface area contributed by atoms with Gasteiger partial charge in [-0.25, -0.2) is 0 Å². The lowest BCUT2D eigenvalue weighted by molar-refractivity contribution is 0.193. The Morgan fingerprint density at radius 2 is 1.81 bits per heavy atom. The SMILES string of the molecule is CCC(CNC1CCC(C)(C)CC1)N(C)C. The first kappa shape index (κ1) is 14.0. The van der Waals surface area contributed by atoms with Crippen LogP contribution in [0.15, 0.2) is 0 Å². The first-order valence-electron chi connectivity index (χ1n) is 6.84. The molecule has 1 fully saturated rings. The first-order valence-corrected chi connectivity index (χ1v) is 6.84. The summed E-state index contributed by atoms with van der Waals surface area (Å²) in [6, 6.07) is 1.46. The molecule has 1 saturated carbocycles. The second-order valence-corrected chi connectivity index (χ2v) is 6.37. The van der Waals surface area contributed by atoms with Crippen LogP contribution in [0, 0.1) is 5.41 Å². The highest BCUT2D eigenvalue weighted by molar-refractivity contribution is 4.83. The van der Waals surface area contributed by atoms with Gasteiger partial charge in [0.15, 0.2) is 0 Å². The predicted octanol–water partition coefficient (Wildman–Crippen LogP) is 2.89. The van der Waals surface area contributed by atoms with E-state index >= 15 is 0 Å². The number of nitrogens with zero attached hydrogens (tertiary/aromatic N) is 1. The van der Waals surface area contributed by atoms with Crippen LogP contribution in [0.2, 0.25) is 0 Å². The maximum atomic E-state index is 3.75. The van der Waals surface area contributed by atoms with Crippen LogP contribution in [0.1, 0.15) is 52.9 Å². The van der Waals surface area contributed by atoms with Crippen LogP contribution in [0.4, 0.5) is 0 Å². The summed E-state index contributed by atoms with van der Waals surface area (Å²) in [7, 11) is 4.36. The Hall–Kier alpha value is -0.0800. The Balaban J connectivity index is 2.24. The van der Waals surface area contributed by atoms with Gasteiger partial charge in [-0.05, 0) is 51.6 Å². The van der Waals surface area contributed by atoms with E-state index in [1.165, 1.54) is 32.1 Å². The van der Waals surface area contributed by atoms with Gasteiger partial charge < -0.3 is 10.2 Å². The zero-order valence-electron chi connectivity index (χ0n) is 11.8. The highest BCUT2D eigenvalue weighted by Crippen LogP contribution is 2.34. The number of nitrogens with one attached hydrogen (secondary N) is 1. The molecule has 0 spiro atoms. The van der Waals surface area contributed by atoms with Crippen molar-refractivity contribution in [3.05, 3.63) is 0 Å². The highest BCUT2D eigenvalue weighted by atomic mass is 15.1. The fourth-order valence-corrected chi connectivity index (χ4v) is 2.60. The molecule has 2 nitrogen and oxygen atoms in total. The van der Waals surface area contributed by atoms with E-state index < -0.39 is 0 Å². The van der Waals surface area contributed by atoms with Gasteiger partial charge in [-0.3, -0.25) is 0 Å². The van der Waals surface area contributed by atoms with Crippen molar-refractivity contribution in [1.82, 2.24) is 10.2 Å². The predicted molar refractivity (Wildman–Crippen MR) is 71.8 cm³/mol. The molecule has 0 amide bonds. The van der Waals surface area contributed by atoms with Crippen LogP contribution in [0.3, 0.4) is 0 Å². The first-order chi connectivity index (χ1) is 7.44. The summed E-state index contributed by atoms with van der Waals surface area (Å²) < 4.78 is 0. The fourth-order valence-electron chi connectivity index (χ4n) is 2.60. The molecule has 0 saturated heterocycles. The van der Waals surface area contributed by atoms with Crippen molar-refractivity contribution in [2.45, 2.75) is 65.0 Å². The van der Waals surface area contributed by atoms with Gasteiger partial charge in [0.2, 0.25) is 0 Å². The highest BCUT2D eigenvalue weighted by Gasteiger charge is 2.26. The minimum atomic E-state index is 0.587. The van der Waals surface area contributed by atoms with Crippen LogP contribution in [-0.4, -0.2) is 37.6 Å². The molecule has 1 aliphatic carbocycles. The van der Waals surface area contributed by atoms with E-state index in [1.807, 2.05) is 0 Å². The van der Waals surface area contributed by atoms with E-state index in [-0.39, 0.29) is 0 Å². The molecule has 0 bridgehead atoms. The van der Waals surface area contributed by atoms with Crippen LogP contribution < -0.4 is 5.32 Å². The van der Waals surface area contributed by atoms with Crippen molar-refractivity contribution in [2.24, 2.45) is 5.41 Å². The second kappa shape index (κ2) is 6.02. The van der Waals surface area contributed by atoms with Gasteiger partial charge in [0.25, 0.3) is 0 Å². The fraction of sp³-hybridized carbons (Fsp3) is 1.00. The smallest absolute Gasteiger partial charge is 0.0212 e. The third-order valence-electron chi connectivity index (χ3n) is 4.18. The quantitative estimate of drug-likeness (QED) is 0.775. The van der Waals surface area contributed by atoms with Crippen molar-refractivity contribution >= 4 is 0 Å². The summed E-state index contributed by atoms with van der Waals surface area (Å²) >= 11 is 0. The van der Waals surface area contributed by atoms with Crippen LogP contribution in [0.25, 0.3) is 0 Å². The summed E-state index contributed by atoms with van der Waals surface area (Å²) in [4.78, 5) is 2.33. The molecule has 0 radical (unpaired) electrons. The molecule has 0 aromatic rings. The average molecular weight is 226 g/mol. The molecule has 0 aromatic heterocycles. The average Bonchev–Trinajstić information content (AvgIpc) is 2.20. The zero-order valence-corrected chi connectivity index (χ0v) is 11.8. The summed E-state index contributed by atoms with van der Waals surface area (Å²) in [5.74, 6) is 0. The summed E-state index contributed by atoms with van der Waals surface area (Å²) in [6.07, 6.45) is 6.71. The molecule has 2 heteroatoms. The third-order valence-corrected chi connectivity index (χ3v) is 4.18. The van der Waals surface area contributed by atoms with Gasteiger partial charge in [-0.1, -0.05) is 20.8 Å². The van der Waals surface area contributed by atoms with E-state index in [9.17, 15) is 0 Å². The molecule has 1 rings (SSSR count). The van der Waals surface area contributed by atoms with Crippen molar-refractivity contribution < 1.29 is 0 Å². The topological polar surface area (TPSA) is 15.3 Å². The minimum absolute atomic E-state index is 0.587. The molecule has 96 valence electrons. The van der Waals surface area contributed by atoms with E-state index in [1.54, 1.807) is 0 Å². The van der Waals surface area contributed by atoms with E-state index in [4.69, 9.17) is 0 Å². The van der Waals surface area contributed by atoms with Crippen LogP contribution >= 0.6 is 0 Å². The normalized spacial score (nSPS) is 23.6. The lowest BCUT2D eigenvalue weighted by Gasteiger charge is -2.36. The Morgan fingerprint density at radius 3 is 2.25 bits per heavy atom. The van der Waals surface area contributed by atoms with Gasteiger partial charge in [0.05, 0.1) is 0 Å². The lowest BCUT2D eigenvalue weighted by atomic mass is 9.75. The molecule has 0 aliphatic heterocycles. The Bertz CT molecular complexity index is 189. The molecule has 1 N–H and O–H groups in total. The Labute approximate surface area is 102 Å². The van der Waals surface area contributed by atoms with Gasteiger partial charge in [0, 0.05) is 18.6 Å². The van der Waals surface area contributed by atoms with Crippen molar-refractivity contribution in [2.75, 3.05) is 20.6 Å². The molecular formula is C14H30N2. The van der Waals surface area contributed by atoms with Gasteiger partial charge in [-0.15, -0.1) is 0 Å². The number of hydrogen-bond acceptors (Lipinski definition) is 2. The molecule has 1 aliphatic rings. The minimum Gasteiger partial charge on any atom is -0.312 e. The summed E-state index contributed by atoms with van der Waals surface area (Å²) in [6.45, 7) is 8.22. The molecular weight excluding hydrogens is 196 g/mol. The molecule has 0 aromatic carbocycles. The van der Waals surface area contributed by atoms with E-state index in [2.05, 4.69) is 45.1 Å². The van der Waals surface area contributed by atoms with Gasteiger partial charge >= 0.3 is 0 Å². The molecule has 1 atom stereocenters. The van der Waals surface area contributed by atoms with Gasteiger partial charge in [-0.2, -0.15) is 0 Å². The van der Waals surface area contributed by atoms with E-state index in [0.717, 1.165) is 12.6 Å². The van der Waals surface area contributed by atoms with Crippen LogP contribution in [0.5, 0.6) is 0 Å². The Kier molecular flexibility index (Phi) is 5.26. The monoisotopic (exact) mass is 226 g/mol. The van der Waals surface area contributed by atoms with Crippen LogP contribution in [-0.2, 0) is 0 Å². The second-order valence-electron chi connectivity index (χ2n) is 6.37. The zero-order chi connectivity index (χ0) is 12.2. The maximum Gasteiger partial charge on any atom is 0.0212 e. The molecule has 1 unspecified atom stereocenters. The lowest BCUT2D eigenvalue weighted by Crippen LogP contribution is -2.43. The van der Waals surface area contributed by atoms with Crippen molar-refractivity contribution in [3.8, 4) is 0 Å². The number of hydrogen-bond donors (Lipinski definition) is 1. The standard InChI is InChI=1S/C14H30N2/c1-6-13(16(4)5)11-15-12-7-9-14(2,3)10-8-12/h12-13,15H,6-11H2,1-5H3. The number of rotatable bonds is 5. The number of likely N-dealkylation sites (N-methyl/N-ethyl adjacent to an activating group) is 1. The van der Waals surface area contributed by atoms with Crippen molar-refractivity contribution in [3.63, 3.8) is 0 Å². The Morgan fingerprint density at radius 1 is 1.25 bits per heavy atom. The third kappa shape index (κ3) is 4.42. The van der Waals surface area contributed by atoms with Gasteiger partial charge in [0.1, 0.15) is 0 Å². The molecule has 16 heavy (non-hydrogen) atoms. The molecule has 0 heterocycles. The maximum absolute atomic E-state index is 3.75. The van der Waals surface area contributed by atoms with Crippen molar-refractivity contribution in [1.29, 1.82) is 0 Å². The summed E-state index contributed by atoms with van der Waals surface area (Å²) in [5.41, 5.74) is 0.587. The summed E-state index contributed by atoms with van der Waals surface area (Å²) in [5, 5.41) is 3.75. The van der Waals surface area contributed by atoms with E-state index in [0.29, 0.717) is 11.5 Å².